The smallest absolute Gasteiger partial charge is 0.240 e. The Morgan fingerprint density at radius 3 is 2.33 bits per heavy atom. The largest absolute Gasteiger partial charge is 0.273 e. The number of carbonyl (C=O) groups excluding carboxylic acids is 2. The molecule has 1 aromatic carbocycles. The molecule has 2 rings (SSSR count). The fraction of sp³-hybridized carbons (Fsp3) is 0.200. The number of imide groups is 1. The summed E-state index contributed by atoms with van der Waals surface area (Å²) in [5.41, 5.74) is 0. The van der Waals surface area contributed by atoms with Crippen LogP contribution in [0.1, 0.15) is 12.8 Å². The van der Waals surface area contributed by atoms with Crippen LogP contribution in [0.3, 0.4) is 0 Å². The Morgan fingerprint density at radius 1 is 1.13 bits per heavy atom. The van der Waals surface area contributed by atoms with Crippen LogP contribution >= 0.6 is 27.9 Å². The Hall–Kier alpha value is -0.810. The Labute approximate surface area is 100 Å². The fourth-order valence-corrected chi connectivity index (χ4v) is 2.65. The summed E-state index contributed by atoms with van der Waals surface area (Å²) in [6.07, 6.45) is 0.659. The van der Waals surface area contributed by atoms with Crippen molar-refractivity contribution in [3.8, 4) is 0 Å². The van der Waals surface area contributed by atoms with Gasteiger partial charge in [0.05, 0.1) is 0 Å². The first-order chi connectivity index (χ1) is 7.18. The van der Waals surface area contributed by atoms with Gasteiger partial charge in [0.25, 0.3) is 0 Å². The van der Waals surface area contributed by atoms with Crippen LogP contribution < -0.4 is 0 Å². The van der Waals surface area contributed by atoms with Crippen LogP contribution in [-0.4, -0.2) is 16.1 Å². The standard InChI is InChI=1S/C10H8BrNO2S/c11-7-3-1-2-4-8(7)15-12-9(13)5-6-10(12)14/h1-4H,5-6H2. The van der Waals surface area contributed by atoms with E-state index in [1.165, 1.54) is 16.3 Å². The SMILES string of the molecule is O=C1CCC(=O)N1Sc1ccccc1Br. The second-order valence-electron chi connectivity index (χ2n) is 3.10. The lowest BCUT2D eigenvalue weighted by Gasteiger charge is -2.12. The molecule has 2 amide bonds. The van der Waals surface area contributed by atoms with Crippen molar-refractivity contribution < 1.29 is 9.59 Å². The number of rotatable bonds is 2. The van der Waals surface area contributed by atoms with Crippen LogP contribution in [0.2, 0.25) is 0 Å². The monoisotopic (exact) mass is 285 g/mol. The Kier molecular flexibility index (Phi) is 3.11. The summed E-state index contributed by atoms with van der Waals surface area (Å²) in [6.45, 7) is 0. The van der Waals surface area contributed by atoms with Gasteiger partial charge in [-0.1, -0.05) is 12.1 Å². The third-order valence-corrected chi connectivity index (χ3v) is 4.13. The van der Waals surface area contributed by atoms with Crippen LogP contribution in [0.4, 0.5) is 0 Å². The summed E-state index contributed by atoms with van der Waals surface area (Å²) >= 11 is 4.55. The molecule has 0 bridgehead atoms. The highest BCUT2D eigenvalue weighted by Gasteiger charge is 2.30. The second kappa shape index (κ2) is 4.37. The van der Waals surface area contributed by atoms with E-state index >= 15 is 0 Å². The van der Waals surface area contributed by atoms with Crippen molar-refractivity contribution in [2.75, 3.05) is 0 Å². The van der Waals surface area contributed by atoms with Crippen molar-refractivity contribution in [2.24, 2.45) is 0 Å². The molecule has 0 saturated carbocycles. The number of amides is 2. The van der Waals surface area contributed by atoms with Crippen molar-refractivity contribution in [1.82, 2.24) is 4.31 Å². The second-order valence-corrected chi connectivity index (χ2v) is 4.95. The zero-order valence-corrected chi connectivity index (χ0v) is 10.2. The van der Waals surface area contributed by atoms with Crippen LogP contribution in [0, 0.1) is 0 Å². The summed E-state index contributed by atoms with van der Waals surface area (Å²) in [6, 6.07) is 7.51. The molecule has 1 aliphatic rings. The first-order valence-electron chi connectivity index (χ1n) is 4.47. The number of nitrogens with zero attached hydrogens (tertiary/aromatic N) is 1. The first kappa shape index (κ1) is 10.7. The highest BCUT2D eigenvalue weighted by atomic mass is 79.9. The predicted molar refractivity (Wildman–Crippen MR) is 61.1 cm³/mol. The van der Waals surface area contributed by atoms with Crippen LogP contribution in [0.15, 0.2) is 33.6 Å². The Bertz CT molecular complexity index is 406. The van der Waals surface area contributed by atoms with Gasteiger partial charge in [-0.2, -0.15) is 0 Å². The number of benzene rings is 1. The van der Waals surface area contributed by atoms with E-state index in [1.54, 1.807) is 0 Å². The van der Waals surface area contributed by atoms with Crippen LogP contribution in [-0.2, 0) is 9.59 Å². The van der Waals surface area contributed by atoms with Crippen molar-refractivity contribution in [2.45, 2.75) is 17.7 Å². The maximum absolute atomic E-state index is 11.4. The van der Waals surface area contributed by atoms with E-state index in [2.05, 4.69) is 15.9 Å². The van der Waals surface area contributed by atoms with Gasteiger partial charge in [0.15, 0.2) is 0 Å². The molecule has 5 heteroatoms. The predicted octanol–water partition coefficient (Wildman–Crippen LogP) is 2.61. The molecule has 1 fully saturated rings. The number of hydrogen-bond acceptors (Lipinski definition) is 3. The van der Waals surface area contributed by atoms with Gasteiger partial charge in [-0.05, 0) is 40.0 Å². The van der Waals surface area contributed by atoms with Crippen molar-refractivity contribution in [1.29, 1.82) is 0 Å². The Balaban J connectivity index is 2.18. The Morgan fingerprint density at radius 2 is 1.73 bits per heavy atom. The summed E-state index contributed by atoms with van der Waals surface area (Å²) in [5, 5.41) is 0. The molecule has 0 radical (unpaired) electrons. The summed E-state index contributed by atoms with van der Waals surface area (Å²) in [5.74, 6) is -0.221. The minimum atomic E-state index is -0.110. The average Bonchev–Trinajstić information content (AvgIpc) is 2.53. The van der Waals surface area contributed by atoms with Crippen molar-refractivity contribution in [3.63, 3.8) is 0 Å². The highest BCUT2D eigenvalue weighted by Crippen LogP contribution is 2.33. The van der Waals surface area contributed by atoms with E-state index in [0.717, 1.165) is 9.37 Å². The van der Waals surface area contributed by atoms with E-state index < -0.39 is 0 Å². The van der Waals surface area contributed by atoms with Gasteiger partial charge in [0, 0.05) is 22.2 Å². The molecule has 15 heavy (non-hydrogen) atoms. The molecule has 1 aliphatic heterocycles. The van der Waals surface area contributed by atoms with Crippen molar-refractivity contribution in [3.05, 3.63) is 28.7 Å². The number of hydrogen-bond donors (Lipinski definition) is 0. The minimum absolute atomic E-state index is 0.110. The van der Waals surface area contributed by atoms with Gasteiger partial charge in [0.1, 0.15) is 0 Å². The van der Waals surface area contributed by atoms with E-state index in [9.17, 15) is 9.59 Å². The summed E-state index contributed by atoms with van der Waals surface area (Å²) < 4.78 is 2.13. The lowest BCUT2D eigenvalue weighted by Crippen LogP contribution is -2.20. The third kappa shape index (κ3) is 2.23. The molecule has 0 unspecified atom stereocenters. The molecule has 1 aromatic rings. The molecule has 0 aromatic heterocycles. The lowest BCUT2D eigenvalue weighted by atomic mass is 10.4. The molecule has 0 atom stereocenters. The van der Waals surface area contributed by atoms with E-state index in [-0.39, 0.29) is 11.8 Å². The molecule has 0 spiro atoms. The maximum Gasteiger partial charge on any atom is 0.240 e. The zero-order valence-electron chi connectivity index (χ0n) is 7.77. The third-order valence-electron chi connectivity index (χ3n) is 2.03. The van der Waals surface area contributed by atoms with Gasteiger partial charge < -0.3 is 0 Å². The molecular formula is C10H8BrNO2S. The van der Waals surface area contributed by atoms with Gasteiger partial charge in [0.2, 0.25) is 11.8 Å². The summed E-state index contributed by atoms with van der Waals surface area (Å²) in [4.78, 5) is 23.6. The number of halogens is 1. The normalized spacial score (nSPS) is 16.2. The fourth-order valence-electron chi connectivity index (χ4n) is 1.27. The molecule has 0 aliphatic carbocycles. The molecule has 0 N–H and O–H groups in total. The van der Waals surface area contributed by atoms with Crippen LogP contribution in [0.5, 0.6) is 0 Å². The summed E-state index contributed by atoms with van der Waals surface area (Å²) in [7, 11) is 0. The zero-order chi connectivity index (χ0) is 10.8. The van der Waals surface area contributed by atoms with Crippen LogP contribution in [0.25, 0.3) is 0 Å². The molecule has 1 heterocycles. The topological polar surface area (TPSA) is 37.4 Å². The minimum Gasteiger partial charge on any atom is -0.273 e. The first-order valence-corrected chi connectivity index (χ1v) is 6.03. The van der Waals surface area contributed by atoms with E-state index in [4.69, 9.17) is 0 Å². The van der Waals surface area contributed by atoms with Gasteiger partial charge in [-0.15, -0.1) is 0 Å². The van der Waals surface area contributed by atoms with E-state index in [0.29, 0.717) is 12.8 Å². The average molecular weight is 286 g/mol. The number of carbonyl (C=O) groups is 2. The lowest BCUT2D eigenvalue weighted by molar-refractivity contribution is -0.131. The molecule has 3 nitrogen and oxygen atoms in total. The van der Waals surface area contributed by atoms with Gasteiger partial charge in [-0.25, -0.2) is 4.31 Å². The maximum atomic E-state index is 11.4. The van der Waals surface area contributed by atoms with Crippen molar-refractivity contribution >= 4 is 39.7 Å². The molecule has 78 valence electrons. The van der Waals surface area contributed by atoms with Gasteiger partial charge >= 0.3 is 0 Å². The molecular weight excluding hydrogens is 278 g/mol. The van der Waals surface area contributed by atoms with E-state index in [1.807, 2.05) is 24.3 Å². The molecule has 1 saturated heterocycles. The quantitative estimate of drug-likeness (QED) is 0.619. The van der Waals surface area contributed by atoms with Gasteiger partial charge in [-0.3, -0.25) is 9.59 Å². The highest BCUT2D eigenvalue weighted by molar-refractivity contribution is 9.10.